The molecule has 0 saturated carbocycles. The summed E-state index contributed by atoms with van der Waals surface area (Å²) in [5.74, 6) is -7.86. The van der Waals surface area contributed by atoms with Crippen LogP contribution in [-0.4, -0.2) is 132 Å². The van der Waals surface area contributed by atoms with Gasteiger partial charge in [-0.25, -0.2) is 19.2 Å². The number of aliphatic carboxylic acids is 4. The number of aromatic nitrogens is 2. The molecule has 2 aromatic carbocycles. The van der Waals surface area contributed by atoms with Crippen LogP contribution in [0.25, 0.3) is 21.8 Å². The third kappa shape index (κ3) is 18.9. The number of carbonyl (C=O) groups is 6. The number of carbonyl (C=O) groups excluding carboxylic acids is 2. The molecule has 2 heterocycles. The minimum atomic E-state index is -1.82. The Bertz CT molecular complexity index is 2060. The summed E-state index contributed by atoms with van der Waals surface area (Å²) in [5, 5.41) is 37.2. The van der Waals surface area contributed by atoms with Crippen LogP contribution in [0, 0.1) is 0 Å². The van der Waals surface area contributed by atoms with E-state index < -0.39 is 23.9 Å². The van der Waals surface area contributed by atoms with Crippen molar-refractivity contribution in [2.24, 2.45) is 0 Å². The molecule has 0 aliphatic rings. The number of amides is 2. The van der Waals surface area contributed by atoms with E-state index in [4.69, 9.17) is 62.8 Å². The highest BCUT2D eigenvalue weighted by molar-refractivity contribution is 6.31. The summed E-state index contributed by atoms with van der Waals surface area (Å²) >= 11 is 11.8. The number of halogens is 2. The summed E-state index contributed by atoms with van der Waals surface area (Å²) < 4.78 is 0. The second kappa shape index (κ2) is 26.4. The molecule has 61 heavy (non-hydrogen) atoms. The van der Waals surface area contributed by atoms with E-state index in [9.17, 15) is 19.2 Å². The molecular formula is C40H54Cl2N6O13. The van der Waals surface area contributed by atoms with E-state index in [1.807, 2.05) is 0 Å². The number of fused-ring (bicyclic) bond motifs is 2. The van der Waals surface area contributed by atoms with Gasteiger partial charge in [-0.1, -0.05) is 23.2 Å². The topological polar surface area (TPSA) is 311 Å². The smallest absolute Gasteiger partial charge is 0.414 e. The van der Waals surface area contributed by atoms with Gasteiger partial charge in [0.05, 0.1) is 0 Å². The number of aromatic amines is 2. The summed E-state index contributed by atoms with van der Waals surface area (Å²) in [6, 6.07) is 14.2. The normalized spacial score (nSPS) is 10.6. The van der Waals surface area contributed by atoms with Gasteiger partial charge in [0.1, 0.15) is 11.4 Å². The van der Waals surface area contributed by atoms with E-state index in [-0.39, 0.29) is 39.5 Å². The van der Waals surface area contributed by atoms with Gasteiger partial charge >= 0.3 is 23.9 Å². The average molecular weight is 898 g/mol. The lowest BCUT2D eigenvalue weighted by molar-refractivity contribution is -0.159. The molecule has 0 radical (unpaired) electrons. The molecule has 10 N–H and O–H groups in total. The maximum absolute atomic E-state index is 12.3. The Morgan fingerprint density at radius 2 is 0.820 bits per heavy atom. The number of pyridine rings is 2. The van der Waals surface area contributed by atoms with Crippen LogP contribution in [0.4, 0.5) is 0 Å². The monoisotopic (exact) mass is 896 g/mol. The Balaban J connectivity index is 0.000000920. The molecule has 0 saturated heterocycles. The predicted octanol–water partition coefficient (Wildman–Crippen LogP) is 3.55. The second-order valence-electron chi connectivity index (χ2n) is 14.1. The van der Waals surface area contributed by atoms with Crippen molar-refractivity contribution in [2.75, 3.05) is 26.2 Å². The van der Waals surface area contributed by atoms with E-state index in [1.54, 1.807) is 36.4 Å². The Labute approximate surface area is 361 Å². The van der Waals surface area contributed by atoms with Crippen LogP contribution in [0.15, 0.2) is 58.1 Å². The Hall–Kier alpha value is -5.86. The number of nitrogens with one attached hydrogen (secondary N) is 4. The number of benzene rings is 2. The summed E-state index contributed by atoms with van der Waals surface area (Å²) in [7, 11) is 0. The lowest BCUT2D eigenvalue weighted by Crippen LogP contribution is -2.42. The van der Waals surface area contributed by atoms with Crippen LogP contribution in [0.5, 0.6) is 0 Å². The minimum Gasteiger partial charge on any atom is -0.473 e. The van der Waals surface area contributed by atoms with Crippen molar-refractivity contribution in [1.29, 1.82) is 0 Å². The molecular weight excluding hydrogens is 843 g/mol. The lowest BCUT2D eigenvalue weighted by atomic mass is 10.2. The number of nitrogens with zero attached hydrogens (tertiary/aromatic N) is 2. The summed E-state index contributed by atoms with van der Waals surface area (Å²) in [6.07, 6.45) is 0. The van der Waals surface area contributed by atoms with Gasteiger partial charge in [-0.2, -0.15) is 0 Å². The van der Waals surface area contributed by atoms with E-state index in [0.717, 1.165) is 13.1 Å². The quantitative estimate of drug-likeness (QED) is 0.0944. The first-order chi connectivity index (χ1) is 27.9. The van der Waals surface area contributed by atoms with Crippen LogP contribution in [0.3, 0.4) is 0 Å². The van der Waals surface area contributed by atoms with Crippen molar-refractivity contribution in [3.63, 3.8) is 0 Å². The van der Waals surface area contributed by atoms with Crippen molar-refractivity contribution in [3.8, 4) is 0 Å². The average Bonchev–Trinajstić information content (AvgIpc) is 3.15. The molecule has 336 valence electrons. The zero-order valence-corrected chi connectivity index (χ0v) is 36.5. The Kier molecular flexibility index (Phi) is 23.8. The first-order valence-electron chi connectivity index (χ1n) is 18.5. The van der Waals surface area contributed by atoms with Gasteiger partial charge < -0.3 is 46.5 Å². The van der Waals surface area contributed by atoms with E-state index in [2.05, 4.69) is 85.8 Å². The highest BCUT2D eigenvalue weighted by atomic mass is 35.5. The molecule has 0 bridgehead atoms. The molecule has 0 aliphatic carbocycles. The molecule has 0 aliphatic heterocycles. The van der Waals surface area contributed by atoms with Gasteiger partial charge in [-0.3, -0.25) is 29.0 Å². The SMILES string of the molecule is CC(C)N(CCNC(=O)c1cc(=O)c2cc(Cl)ccc2[nH]1)C(C)C.CC(C)N(CCNC(=O)c1cc(=O)c2cc(Cl)ccc2[nH]1)C(C)C.O.O=C(O)C(=O)O.O=C(O)C(=O)O. The second-order valence-corrected chi connectivity index (χ2v) is 14.9. The van der Waals surface area contributed by atoms with Gasteiger partial charge in [0, 0.05) is 94.3 Å². The standard InChI is InChI=1S/2C18H24ClN3O2.2C2H2O4.H2O/c2*1-11(2)22(12(3)4)8-7-20-18(24)16-10-17(23)14-9-13(19)5-6-15(14)21-16;2*3-1(4)2(5)6;/h2*5-6,9-12H,7-8H2,1-4H3,(H,20,24)(H,21,23);2*(H,3,4)(H,5,6);1H2. The van der Waals surface area contributed by atoms with Crippen LogP contribution in [-0.2, 0) is 19.2 Å². The largest absolute Gasteiger partial charge is 0.473 e. The molecule has 21 heteroatoms. The molecule has 0 fully saturated rings. The van der Waals surface area contributed by atoms with Crippen molar-refractivity contribution in [3.05, 3.63) is 90.4 Å². The fraction of sp³-hybridized carbons (Fsp3) is 0.400. The number of hydrogen-bond donors (Lipinski definition) is 8. The minimum absolute atomic E-state index is 0. The van der Waals surface area contributed by atoms with E-state index in [0.29, 0.717) is 69.1 Å². The molecule has 4 aromatic rings. The number of hydrogen-bond acceptors (Lipinski definition) is 10. The molecule has 2 aromatic heterocycles. The van der Waals surface area contributed by atoms with Crippen molar-refractivity contribution in [2.45, 2.75) is 79.6 Å². The van der Waals surface area contributed by atoms with Crippen LogP contribution in [0.1, 0.15) is 76.4 Å². The first kappa shape index (κ1) is 55.1. The zero-order valence-electron chi connectivity index (χ0n) is 35.0. The Morgan fingerprint density at radius 3 is 1.07 bits per heavy atom. The first-order valence-corrected chi connectivity index (χ1v) is 19.3. The molecule has 0 atom stereocenters. The highest BCUT2D eigenvalue weighted by Gasteiger charge is 2.16. The maximum Gasteiger partial charge on any atom is 0.414 e. The summed E-state index contributed by atoms with van der Waals surface area (Å²) in [5.41, 5.74) is 1.28. The lowest BCUT2D eigenvalue weighted by Gasteiger charge is -2.30. The molecule has 0 unspecified atom stereocenters. The van der Waals surface area contributed by atoms with Crippen LogP contribution in [0.2, 0.25) is 10.0 Å². The maximum atomic E-state index is 12.3. The van der Waals surface area contributed by atoms with Gasteiger partial charge in [0.25, 0.3) is 11.8 Å². The van der Waals surface area contributed by atoms with Crippen LogP contribution < -0.4 is 21.5 Å². The molecule has 4 rings (SSSR count). The molecule has 0 spiro atoms. The highest BCUT2D eigenvalue weighted by Crippen LogP contribution is 2.16. The van der Waals surface area contributed by atoms with Gasteiger partial charge in [0.15, 0.2) is 10.9 Å². The summed E-state index contributed by atoms with van der Waals surface area (Å²) in [4.78, 5) is 95.9. The Morgan fingerprint density at radius 1 is 0.541 bits per heavy atom. The predicted molar refractivity (Wildman–Crippen MR) is 232 cm³/mol. The van der Waals surface area contributed by atoms with Gasteiger partial charge in [-0.05, 0) is 91.8 Å². The zero-order chi connectivity index (χ0) is 46.0. The van der Waals surface area contributed by atoms with E-state index >= 15 is 0 Å². The van der Waals surface area contributed by atoms with Crippen LogP contribution >= 0.6 is 23.2 Å². The van der Waals surface area contributed by atoms with Gasteiger partial charge in [-0.15, -0.1) is 0 Å². The van der Waals surface area contributed by atoms with E-state index in [1.165, 1.54) is 12.1 Å². The number of carboxylic acid groups (broad SMARTS) is 4. The number of H-pyrrole nitrogens is 2. The third-order valence-electron chi connectivity index (χ3n) is 8.40. The van der Waals surface area contributed by atoms with Gasteiger partial charge in [0.2, 0.25) is 0 Å². The molecule has 19 nitrogen and oxygen atoms in total. The fourth-order valence-corrected chi connectivity index (χ4v) is 6.04. The van der Waals surface area contributed by atoms with Crippen molar-refractivity contribution >= 4 is 80.7 Å². The summed E-state index contributed by atoms with van der Waals surface area (Å²) in [6.45, 7) is 19.6. The third-order valence-corrected chi connectivity index (χ3v) is 8.87. The number of carboxylic acids is 4. The van der Waals surface area contributed by atoms with Crippen molar-refractivity contribution in [1.82, 2.24) is 30.4 Å². The van der Waals surface area contributed by atoms with Crippen molar-refractivity contribution < 1.29 is 54.7 Å². The molecule has 2 amide bonds. The number of rotatable bonds is 12. The fourth-order valence-electron chi connectivity index (χ4n) is 5.70.